The molecule has 0 N–H and O–H groups in total. The van der Waals surface area contributed by atoms with Gasteiger partial charge in [0, 0.05) is 18.1 Å². The van der Waals surface area contributed by atoms with Crippen LogP contribution in [0.15, 0.2) is 0 Å². The van der Waals surface area contributed by atoms with Crippen LogP contribution < -0.4 is 0 Å². The summed E-state index contributed by atoms with van der Waals surface area (Å²) >= 11 is 0. The maximum absolute atomic E-state index is 2.45. The average Bonchev–Trinajstić information content (AvgIpc) is 1.41. The van der Waals surface area contributed by atoms with Gasteiger partial charge in [0.2, 0.25) is 0 Å². The average molecular weight is 120 g/mol. The third-order valence-electron chi connectivity index (χ3n) is 0.707. The van der Waals surface area contributed by atoms with Crippen LogP contribution in [0.2, 0.25) is 13.1 Å². The van der Waals surface area contributed by atoms with E-state index in [-0.39, 0.29) is 0 Å². The molecule has 0 saturated carbocycles. The summed E-state index contributed by atoms with van der Waals surface area (Å²) < 4.78 is 0. The summed E-state index contributed by atoms with van der Waals surface area (Å²) in [6.45, 7) is 4.89. The molecule has 0 bridgehead atoms. The first-order chi connectivity index (χ1) is 2.41. The van der Waals surface area contributed by atoms with Crippen molar-refractivity contribution in [1.82, 2.24) is 0 Å². The van der Waals surface area contributed by atoms with Gasteiger partial charge in [-0.15, -0.1) is 0 Å². The molecule has 0 aliphatic heterocycles. The summed E-state index contributed by atoms with van der Waals surface area (Å²) in [6.07, 6.45) is 0. The molecule has 0 rings (SSSR count). The van der Waals surface area contributed by atoms with Crippen LogP contribution in [0.3, 0.4) is 0 Å². The normalized spacial score (nSPS) is 15.6. The summed E-state index contributed by atoms with van der Waals surface area (Å²) in [4.78, 5) is 0. The first-order valence-electron chi connectivity index (χ1n) is 2.41. The minimum absolute atomic E-state index is 0.615. The predicted molar refractivity (Wildman–Crippen MR) is 37.4 cm³/mol. The zero-order valence-corrected chi connectivity index (χ0v) is 8.36. The standard InChI is InChI=1S/C2H12Si3/c1-3-5-4-2/h3-5H2,1-2H3. The first kappa shape index (κ1) is 5.65. The van der Waals surface area contributed by atoms with Crippen molar-refractivity contribution in [3.63, 3.8) is 0 Å². The molecule has 0 amide bonds. The third kappa shape index (κ3) is 4.65. The lowest BCUT2D eigenvalue weighted by molar-refractivity contribution is 2.34. The van der Waals surface area contributed by atoms with Crippen molar-refractivity contribution in [2.75, 3.05) is 0 Å². The molecule has 0 aliphatic carbocycles. The highest BCUT2D eigenvalue weighted by molar-refractivity contribution is 7.28. The maximum atomic E-state index is 2.45. The van der Waals surface area contributed by atoms with Crippen molar-refractivity contribution < 1.29 is 0 Å². The second-order valence-corrected chi connectivity index (χ2v) is 18.5. The van der Waals surface area contributed by atoms with Gasteiger partial charge >= 0.3 is 0 Å². The molecule has 3 heteroatoms. The minimum Gasteiger partial charge on any atom is -0.0773 e. The van der Waals surface area contributed by atoms with Gasteiger partial charge in [0.1, 0.15) is 0 Å². The minimum atomic E-state index is 0.615. The van der Waals surface area contributed by atoms with E-state index in [1.165, 1.54) is 0 Å². The predicted octanol–water partition coefficient (Wildman–Crippen LogP) is -1.58. The Balaban J connectivity index is 2.19. The van der Waals surface area contributed by atoms with Crippen LogP contribution in [-0.4, -0.2) is 26.6 Å². The second kappa shape index (κ2) is 4.65. The Kier molecular flexibility index (Phi) is 5.26. The number of hydrogen-bond acceptors (Lipinski definition) is 0. The van der Waals surface area contributed by atoms with Gasteiger partial charge in [-0.1, -0.05) is 13.1 Å². The molecule has 0 aromatic heterocycles. The Morgan fingerprint density at radius 3 is 1.40 bits per heavy atom. The summed E-state index contributed by atoms with van der Waals surface area (Å²) in [5.41, 5.74) is 0. The van der Waals surface area contributed by atoms with Gasteiger partial charge in [-0.3, -0.25) is 0 Å². The lowest BCUT2D eigenvalue weighted by atomic mass is 11.9. The van der Waals surface area contributed by atoms with Crippen molar-refractivity contribution in [1.29, 1.82) is 0 Å². The zero-order valence-electron chi connectivity index (χ0n) is 4.12. The van der Waals surface area contributed by atoms with Gasteiger partial charge < -0.3 is 0 Å². The van der Waals surface area contributed by atoms with E-state index in [1.807, 2.05) is 0 Å². The van der Waals surface area contributed by atoms with Crippen molar-refractivity contribution in [3.05, 3.63) is 0 Å². The monoisotopic (exact) mass is 120 g/mol. The van der Waals surface area contributed by atoms with Crippen LogP contribution in [0.4, 0.5) is 0 Å². The van der Waals surface area contributed by atoms with Gasteiger partial charge in [0.15, 0.2) is 0 Å². The van der Waals surface area contributed by atoms with E-state index in [9.17, 15) is 0 Å². The molecular weight excluding hydrogens is 108 g/mol. The quantitative estimate of drug-likeness (QED) is 0.386. The SMILES string of the molecule is C[SiH2][SiH2][SiH2]C. The highest BCUT2D eigenvalue weighted by Crippen LogP contribution is 1.48. The van der Waals surface area contributed by atoms with Crippen LogP contribution >= 0.6 is 0 Å². The Morgan fingerprint density at radius 1 is 1.00 bits per heavy atom. The fraction of sp³-hybridized carbons (Fsp3) is 1.00. The molecule has 0 aliphatic rings. The molecule has 0 spiro atoms. The highest BCUT2D eigenvalue weighted by atomic mass is 29.5. The molecule has 0 fully saturated rings. The fourth-order valence-electron chi connectivity index (χ4n) is 0.354. The molecule has 32 valence electrons. The van der Waals surface area contributed by atoms with E-state index in [0.29, 0.717) is 26.6 Å². The van der Waals surface area contributed by atoms with Crippen LogP contribution in [0, 0.1) is 0 Å². The number of hydrogen-bond donors (Lipinski definition) is 0. The van der Waals surface area contributed by atoms with Gasteiger partial charge in [0.05, 0.1) is 0 Å². The molecule has 0 radical (unpaired) electrons. The summed E-state index contributed by atoms with van der Waals surface area (Å²) in [7, 11) is 1.94. The summed E-state index contributed by atoms with van der Waals surface area (Å²) in [5.74, 6) is 0. The molecule has 0 nitrogen and oxygen atoms in total. The molecule has 5 heavy (non-hydrogen) atoms. The van der Waals surface area contributed by atoms with Gasteiger partial charge in [-0.05, 0) is 8.55 Å². The van der Waals surface area contributed by atoms with Crippen LogP contribution in [0.25, 0.3) is 0 Å². The lowest BCUT2D eigenvalue weighted by Crippen LogP contribution is -2.03. The van der Waals surface area contributed by atoms with E-state index >= 15 is 0 Å². The maximum Gasteiger partial charge on any atom is 0.00169 e. The Labute approximate surface area is 40.4 Å². The van der Waals surface area contributed by atoms with Crippen molar-refractivity contribution in [2.24, 2.45) is 0 Å². The fourth-order valence-corrected chi connectivity index (χ4v) is 9.55. The topological polar surface area (TPSA) is 0 Å². The zero-order chi connectivity index (χ0) is 4.12. The summed E-state index contributed by atoms with van der Waals surface area (Å²) in [5, 5.41) is 0. The van der Waals surface area contributed by atoms with E-state index in [2.05, 4.69) is 13.1 Å². The van der Waals surface area contributed by atoms with Crippen molar-refractivity contribution in [2.45, 2.75) is 13.1 Å². The number of rotatable bonds is 2. The molecule has 0 aromatic carbocycles. The molecular formula is C2H12Si3. The van der Waals surface area contributed by atoms with Crippen LogP contribution in [0.1, 0.15) is 0 Å². The van der Waals surface area contributed by atoms with E-state index in [1.54, 1.807) is 0 Å². The Bertz CT molecular complexity index is 12.4. The largest absolute Gasteiger partial charge is 0.0773 e. The Morgan fingerprint density at radius 2 is 1.40 bits per heavy atom. The Hall–Kier alpha value is 0.651. The molecule has 0 unspecified atom stereocenters. The van der Waals surface area contributed by atoms with E-state index in [4.69, 9.17) is 0 Å². The highest BCUT2D eigenvalue weighted by Gasteiger charge is 1.72. The van der Waals surface area contributed by atoms with E-state index < -0.39 is 0 Å². The molecule has 0 atom stereocenters. The molecule has 0 aromatic rings. The van der Waals surface area contributed by atoms with Gasteiger partial charge in [0.25, 0.3) is 0 Å². The second-order valence-electron chi connectivity index (χ2n) is 1.35. The molecule has 0 heterocycles. The van der Waals surface area contributed by atoms with Crippen molar-refractivity contribution >= 4 is 26.6 Å². The third-order valence-corrected chi connectivity index (χ3v) is 19.1. The van der Waals surface area contributed by atoms with Crippen molar-refractivity contribution in [3.8, 4) is 0 Å². The summed E-state index contributed by atoms with van der Waals surface area (Å²) in [6, 6.07) is 0. The van der Waals surface area contributed by atoms with Crippen LogP contribution in [0.5, 0.6) is 0 Å². The van der Waals surface area contributed by atoms with Gasteiger partial charge in [-0.2, -0.15) is 0 Å². The lowest BCUT2D eigenvalue weighted by Gasteiger charge is -1.74. The van der Waals surface area contributed by atoms with Crippen LogP contribution in [-0.2, 0) is 0 Å². The van der Waals surface area contributed by atoms with Gasteiger partial charge in [-0.25, -0.2) is 0 Å². The molecule has 0 saturated heterocycles. The smallest absolute Gasteiger partial charge is 0.00169 e. The van der Waals surface area contributed by atoms with E-state index in [0.717, 1.165) is 0 Å². The first-order valence-corrected chi connectivity index (χ1v) is 13.2.